The fourth-order valence-electron chi connectivity index (χ4n) is 2.58. The molecule has 1 aliphatic rings. The number of rotatable bonds is 2. The quantitative estimate of drug-likeness (QED) is 0.672. The van der Waals surface area contributed by atoms with Crippen LogP contribution in [0.4, 0.5) is 5.69 Å². The summed E-state index contributed by atoms with van der Waals surface area (Å²) in [7, 11) is 0. The molecule has 1 aliphatic heterocycles. The first-order valence-corrected chi connectivity index (χ1v) is 6.82. The maximum atomic E-state index is 12.7. The average molecular weight is 267 g/mol. The fourth-order valence-corrected chi connectivity index (χ4v) is 2.58. The van der Waals surface area contributed by atoms with Crippen molar-refractivity contribution in [1.82, 2.24) is 0 Å². The topological polar surface area (TPSA) is 52.3 Å². The SMILES string of the molecule is Cc1ccc(N)c(C(=O)c2cccc3c2OCCC3)c1. The van der Waals surface area contributed by atoms with E-state index in [4.69, 9.17) is 10.5 Å². The Balaban J connectivity index is 2.09. The lowest BCUT2D eigenvalue weighted by molar-refractivity contribution is 0.103. The number of carbonyl (C=O) groups is 1. The van der Waals surface area contributed by atoms with Crippen LogP contribution >= 0.6 is 0 Å². The molecule has 0 radical (unpaired) electrons. The number of nitrogens with two attached hydrogens (primary N) is 1. The highest BCUT2D eigenvalue weighted by Gasteiger charge is 2.21. The third-order valence-electron chi connectivity index (χ3n) is 3.63. The first-order chi connectivity index (χ1) is 9.66. The lowest BCUT2D eigenvalue weighted by Crippen LogP contribution is -2.14. The first-order valence-electron chi connectivity index (χ1n) is 6.82. The van der Waals surface area contributed by atoms with E-state index in [-0.39, 0.29) is 5.78 Å². The number of nitrogen functional groups attached to an aromatic ring is 1. The smallest absolute Gasteiger partial charge is 0.198 e. The van der Waals surface area contributed by atoms with Gasteiger partial charge in [-0.15, -0.1) is 0 Å². The number of aryl methyl sites for hydroxylation is 2. The molecule has 2 aromatic carbocycles. The highest BCUT2D eigenvalue weighted by Crippen LogP contribution is 2.31. The van der Waals surface area contributed by atoms with Crippen molar-refractivity contribution < 1.29 is 9.53 Å². The highest BCUT2D eigenvalue weighted by molar-refractivity contribution is 6.13. The summed E-state index contributed by atoms with van der Waals surface area (Å²) >= 11 is 0. The number of carbonyl (C=O) groups excluding carboxylic acids is 1. The largest absolute Gasteiger partial charge is 0.493 e. The molecule has 0 aliphatic carbocycles. The Morgan fingerprint density at radius 3 is 2.90 bits per heavy atom. The molecule has 0 saturated heterocycles. The summed E-state index contributed by atoms with van der Waals surface area (Å²) < 4.78 is 5.71. The Morgan fingerprint density at radius 2 is 2.05 bits per heavy atom. The predicted octanol–water partition coefficient (Wildman–Crippen LogP) is 3.13. The van der Waals surface area contributed by atoms with Gasteiger partial charge in [-0.1, -0.05) is 23.8 Å². The van der Waals surface area contributed by atoms with Crippen molar-refractivity contribution >= 4 is 11.5 Å². The number of ketones is 1. The van der Waals surface area contributed by atoms with Gasteiger partial charge in [-0.05, 0) is 43.5 Å². The first kappa shape index (κ1) is 12.7. The maximum absolute atomic E-state index is 12.7. The van der Waals surface area contributed by atoms with Crippen molar-refractivity contribution in [2.45, 2.75) is 19.8 Å². The van der Waals surface area contributed by atoms with Gasteiger partial charge in [-0.2, -0.15) is 0 Å². The van der Waals surface area contributed by atoms with E-state index in [1.165, 1.54) is 0 Å². The number of hydrogen-bond acceptors (Lipinski definition) is 3. The Hall–Kier alpha value is -2.29. The zero-order valence-electron chi connectivity index (χ0n) is 11.5. The van der Waals surface area contributed by atoms with Crippen LogP contribution in [0.5, 0.6) is 5.75 Å². The summed E-state index contributed by atoms with van der Waals surface area (Å²) in [4.78, 5) is 12.7. The van der Waals surface area contributed by atoms with Crippen LogP contribution in [-0.4, -0.2) is 12.4 Å². The zero-order chi connectivity index (χ0) is 14.1. The molecule has 0 atom stereocenters. The van der Waals surface area contributed by atoms with E-state index < -0.39 is 0 Å². The molecule has 1 heterocycles. The molecule has 3 heteroatoms. The fraction of sp³-hybridized carbons (Fsp3) is 0.235. The van der Waals surface area contributed by atoms with Crippen molar-refractivity contribution in [2.24, 2.45) is 0 Å². The normalized spacial score (nSPS) is 13.4. The minimum atomic E-state index is -0.0649. The number of para-hydroxylation sites is 1. The minimum Gasteiger partial charge on any atom is -0.493 e. The van der Waals surface area contributed by atoms with E-state index >= 15 is 0 Å². The van der Waals surface area contributed by atoms with E-state index in [1.54, 1.807) is 6.07 Å². The number of fused-ring (bicyclic) bond motifs is 1. The second-order valence-electron chi connectivity index (χ2n) is 5.17. The predicted molar refractivity (Wildman–Crippen MR) is 79.3 cm³/mol. The average Bonchev–Trinajstić information content (AvgIpc) is 2.48. The Morgan fingerprint density at radius 1 is 1.20 bits per heavy atom. The van der Waals surface area contributed by atoms with Crippen molar-refractivity contribution in [3.63, 3.8) is 0 Å². The monoisotopic (exact) mass is 267 g/mol. The van der Waals surface area contributed by atoms with Crippen molar-refractivity contribution in [3.8, 4) is 5.75 Å². The van der Waals surface area contributed by atoms with Crippen molar-refractivity contribution in [2.75, 3.05) is 12.3 Å². The van der Waals surface area contributed by atoms with Crippen LogP contribution in [0.15, 0.2) is 36.4 Å². The molecule has 20 heavy (non-hydrogen) atoms. The van der Waals surface area contributed by atoms with Crippen LogP contribution in [0.3, 0.4) is 0 Å². The lowest BCUT2D eigenvalue weighted by atomic mass is 9.95. The maximum Gasteiger partial charge on any atom is 0.198 e. The molecule has 0 amide bonds. The summed E-state index contributed by atoms with van der Waals surface area (Å²) in [5, 5.41) is 0. The van der Waals surface area contributed by atoms with Crippen LogP contribution in [0.2, 0.25) is 0 Å². The molecule has 102 valence electrons. The van der Waals surface area contributed by atoms with Gasteiger partial charge < -0.3 is 10.5 Å². The van der Waals surface area contributed by atoms with Gasteiger partial charge in [0, 0.05) is 11.3 Å². The standard InChI is InChI=1S/C17H17NO2/c1-11-7-8-15(18)14(10-11)16(19)13-6-2-4-12-5-3-9-20-17(12)13/h2,4,6-8,10H,3,5,9,18H2,1H3. The van der Waals surface area contributed by atoms with Crippen molar-refractivity contribution in [1.29, 1.82) is 0 Å². The number of anilines is 1. The lowest BCUT2D eigenvalue weighted by Gasteiger charge is -2.20. The van der Waals surface area contributed by atoms with Crippen LogP contribution in [0, 0.1) is 6.92 Å². The molecule has 0 spiro atoms. The second-order valence-corrected chi connectivity index (χ2v) is 5.17. The van der Waals surface area contributed by atoms with Crippen molar-refractivity contribution in [3.05, 3.63) is 58.7 Å². The molecule has 3 rings (SSSR count). The third-order valence-corrected chi connectivity index (χ3v) is 3.63. The minimum absolute atomic E-state index is 0.0649. The summed E-state index contributed by atoms with van der Waals surface area (Å²) in [5.41, 5.74) is 9.74. The molecule has 0 fully saturated rings. The molecule has 0 bridgehead atoms. The van der Waals surface area contributed by atoms with Gasteiger partial charge in [0.15, 0.2) is 5.78 Å². The van der Waals surface area contributed by atoms with Gasteiger partial charge in [0.2, 0.25) is 0 Å². The Bertz CT molecular complexity index is 677. The molecule has 2 aromatic rings. The molecule has 0 unspecified atom stereocenters. The van der Waals surface area contributed by atoms with Crippen LogP contribution in [0.1, 0.15) is 33.5 Å². The van der Waals surface area contributed by atoms with E-state index in [9.17, 15) is 4.79 Å². The van der Waals surface area contributed by atoms with Crippen LogP contribution in [-0.2, 0) is 6.42 Å². The zero-order valence-corrected chi connectivity index (χ0v) is 11.5. The number of hydrogen-bond donors (Lipinski definition) is 1. The molecular formula is C17H17NO2. The number of ether oxygens (including phenoxy) is 1. The summed E-state index contributed by atoms with van der Waals surface area (Å²) in [5.74, 6) is 0.662. The highest BCUT2D eigenvalue weighted by atomic mass is 16.5. The Labute approximate surface area is 118 Å². The van der Waals surface area contributed by atoms with Crippen LogP contribution < -0.4 is 10.5 Å². The number of benzene rings is 2. The van der Waals surface area contributed by atoms with Gasteiger partial charge in [0.05, 0.1) is 12.2 Å². The van der Waals surface area contributed by atoms with Crippen LogP contribution in [0.25, 0.3) is 0 Å². The molecule has 0 saturated carbocycles. The second kappa shape index (κ2) is 5.00. The summed E-state index contributed by atoms with van der Waals surface area (Å²) in [6.45, 7) is 2.62. The van der Waals surface area contributed by atoms with Gasteiger partial charge in [-0.3, -0.25) is 4.79 Å². The van der Waals surface area contributed by atoms with E-state index in [2.05, 4.69) is 0 Å². The van der Waals surface area contributed by atoms with Gasteiger partial charge >= 0.3 is 0 Å². The molecule has 0 aromatic heterocycles. The Kier molecular flexibility index (Phi) is 3.18. The molecular weight excluding hydrogens is 250 g/mol. The van der Waals surface area contributed by atoms with Gasteiger partial charge in [0.1, 0.15) is 5.75 Å². The summed E-state index contributed by atoms with van der Waals surface area (Å²) in [6.07, 6.45) is 1.96. The van der Waals surface area contributed by atoms with E-state index in [0.717, 1.165) is 29.7 Å². The molecule has 2 N–H and O–H groups in total. The molecule has 3 nitrogen and oxygen atoms in total. The van der Waals surface area contributed by atoms with Gasteiger partial charge in [-0.25, -0.2) is 0 Å². The van der Waals surface area contributed by atoms with E-state index in [0.29, 0.717) is 23.4 Å². The third kappa shape index (κ3) is 2.16. The van der Waals surface area contributed by atoms with E-state index in [1.807, 2.05) is 37.3 Å². The van der Waals surface area contributed by atoms with Gasteiger partial charge in [0.25, 0.3) is 0 Å². The summed E-state index contributed by atoms with van der Waals surface area (Å²) in [6, 6.07) is 11.3.